The highest BCUT2D eigenvalue weighted by Gasteiger charge is 2.31. The summed E-state index contributed by atoms with van der Waals surface area (Å²) in [6, 6.07) is 17.9. The molecule has 0 spiro atoms. The number of halogens is 3. The number of aromatic nitrogens is 1. The molecule has 0 unspecified atom stereocenters. The van der Waals surface area contributed by atoms with E-state index in [2.05, 4.69) is 14.6 Å². The molecule has 0 amide bonds. The minimum absolute atomic E-state index is 0.0610. The summed E-state index contributed by atoms with van der Waals surface area (Å²) >= 11 is 0. The standard InChI is InChI=1S/C24H21F3N2O3.C3H8O/c25-24(26,27)19-7-9-23(28-15-19)32-20-10-11-29(16-20)21-8-6-18(14-22(21)31-13-12-30)17-4-2-1-3-5-17;1-3-4-2/h1-9,12,14-15,20H,10-11,13,16H2;3H2,1-2H3/t20-;/m0./s1. The van der Waals surface area contributed by atoms with Crippen LogP contribution in [0.4, 0.5) is 18.9 Å². The molecule has 0 N–H and O–H groups in total. The number of benzene rings is 2. The smallest absolute Gasteiger partial charge is 0.417 e. The van der Waals surface area contributed by atoms with Crippen LogP contribution in [0.3, 0.4) is 0 Å². The molecule has 1 aliphatic heterocycles. The number of aldehydes is 1. The van der Waals surface area contributed by atoms with Crippen LogP contribution < -0.4 is 14.4 Å². The van der Waals surface area contributed by atoms with E-state index in [9.17, 15) is 18.0 Å². The van der Waals surface area contributed by atoms with Gasteiger partial charge < -0.3 is 19.1 Å². The number of rotatable bonds is 8. The summed E-state index contributed by atoms with van der Waals surface area (Å²) < 4.78 is 54.1. The topological polar surface area (TPSA) is 60.9 Å². The van der Waals surface area contributed by atoms with Gasteiger partial charge in [0.05, 0.1) is 17.8 Å². The van der Waals surface area contributed by atoms with Crippen molar-refractivity contribution in [2.45, 2.75) is 25.6 Å². The van der Waals surface area contributed by atoms with Crippen LogP contribution in [0, 0.1) is 0 Å². The summed E-state index contributed by atoms with van der Waals surface area (Å²) in [7, 11) is 1.68. The first-order valence-electron chi connectivity index (χ1n) is 11.5. The van der Waals surface area contributed by atoms with Crippen LogP contribution in [0.2, 0.25) is 0 Å². The summed E-state index contributed by atoms with van der Waals surface area (Å²) in [6.45, 7) is 3.91. The number of alkyl halides is 3. The lowest BCUT2D eigenvalue weighted by Crippen LogP contribution is -2.25. The largest absolute Gasteiger partial charge is 0.484 e. The lowest BCUT2D eigenvalue weighted by atomic mass is 10.0. The zero-order valence-corrected chi connectivity index (χ0v) is 20.2. The van der Waals surface area contributed by atoms with Crippen molar-refractivity contribution in [3.8, 4) is 22.8 Å². The summed E-state index contributed by atoms with van der Waals surface area (Å²) in [4.78, 5) is 16.7. The van der Waals surface area contributed by atoms with Crippen molar-refractivity contribution in [2.75, 3.05) is 38.3 Å². The monoisotopic (exact) mass is 502 g/mol. The Labute approximate surface area is 208 Å². The zero-order valence-electron chi connectivity index (χ0n) is 20.2. The summed E-state index contributed by atoms with van der Waals surface area (Å²) in [5, 5.41) is 0. The summed E-state index contributed by atoms with van der Waals surface area (Å²) in [5.41, 5.74) is 2.02. The van der Waals surface area contributed by atoms with Gasteiger partial charge in [0.1, 0.15) is 18.5 Å². The molecule has 1 fully saturated rings. The fourth-order valence-corrected chi connectivity index (χ4v) is 3.66. The molecule has 0 aliphatic carbocycles. The molecular weight excluding hydrogens is 473 g/mol. The number of anilines is 1. The Morgan fingerprint density at radius 2 is 1.83 bits per heavy atom. The first-order chi connectivity index (χ1) is 17.4. The zero-order chi connectivity index (χ0) is 26.0. The van der Waals surface area contributed by atoms with E-state index in [0.29, 0.717) is 31.5 Å². The maximum absolute atomic E-state index is 12.7. The first kappa shape index (κ1) is 27.0. The quantitative estimate of drug-likeness (QED) is 0.371. The SMILES string of the molecule is CCOC.O=CCOc1cc(-c2ccccc2)ccc1N1CC[C@H](Oc2ccc(C(F)(F)F)cn2)C1. The molecule has 0 saturated carbocycles. The molecule has 3 aromatic rings. The maximum Gasteiger partial charge on any atom is 0.417 e. The molecule has 1 aliphatic rings. The van der Waals surface area contributed by atoms with Crippen LogP contribution in [0.25, 0.3) is 11.1 Å². The molecule has 36 heavy (non-hydrogen) atoms. The molecule has 6 nitrogen and oxygen atoms in total. The highest BCUT2D eigenvalue weighted by Crippen LogP contribution is 2.36. The third-order valence-electron chi connectivity index (χ3n) is 5.50. The number of ether oxygens (including phenoxy) is 3. The van der Waals surface area contributed by atoms with Crippen LogP contribution in [0.5, 0.6) is 11.6 Å². The van der Waals surface area contributed by atoms with E-state index in [1.54, 1.807) is 7.11 Å². The Balaban J connectivity index is 0.000000840. The van der Waals surface area contributed by atoms with Gasteiger partial charge in [0, 0.05) is 38.9 Å². The van der Waals surface area contributed by atoms with Gasteiger partial charge in [0.15, 0.2) is 6.29 Å². The number of hydrogen-bond acceptors (Lipinski definition) is 6. The van der Waals surface area contributed by atoms with Crippen molar-refractivity contribution in [1.82, 2.24) is 4.98 Å². The van der Waals surface area contributed by atoms with Crippen molar-refractivity contribution < 1.29 is 32.2 Å². The molecule has 2 heterocycles. The molecule has 192 valence electrons. The van der Waals surface area contributed by atoms with E-state index < -0.39 is 11.7 Å². The van der Waals surface area contributed by atoms with Gasteiger partial charge in [-0.1, -0.05) is 36.4 Å². The number of hydrogen-bond donors (Lipinski definition) is 0. The second-order valence-electron chi connectivity index (χ2n) is 7.96. The predicted octanol–water partition coefficient (Wildman–Crippen LogP) is 5.66. The summed E-state index contributed by atoms with van der Waals surface area (Å²) in [5.74, 6) is 0.744. The highest BCUT2D eigenvalue weighted by molar-refractivity contribution is 5.72. The molecule has 1 atom stereocenters. The lowest BCUT2D eigenvalue weighted by molar-refractivity contribution is -0.137. The van der Waals surface area contributed by atoms with Gasteiger partial charge in [-0.25, -0.2) is 4.98 Å². The minimum Gasteiger partial charge on any atom is -0.484 e. The Morgan fingerprint density at radius 1 is 1.08 bits per heavy atom. The fourth-order valence-electron chi connectivity index (χ4n) is 3.66. The first-order valence-corrected chi connectivity index (χ1v) is 11.5. The second kappa shape index (κ2) is 12.9. The molecule has 2 aromatic carbocycles. The minimum atomic E-state index is -4.43. The Morgan fingerprint density at radius 3 is 2.44 bits per heavy atom. The van der Waals surface area contributed by atoms with Gasteiger partial charge in [-0.05, 0) is 36.2 Å². The molecule has 0 radical (unpaired) electrons. The third-order valence-corrected chi connectivity index (χ3v) is 5.50. The fraction of sp³-hybridized carbons (Fsp3) is 0.333. The molecule has 9 heteroatoms. The van der Waals surface area contributed by atoms with Crippen LogP contribution in [0.1, 0.15) is 18.9 Å². The summed E-state index contributed by atoms with van der Waals surface area (Å²) in [6.07, 6.45) is -2.51. The van der Waals surface area contributed by atoms with Crippen molar-refractivity contribution in [3.63, 3.8) is 0 Å². The normalized spacial score (nSPS) is 15.1. The van der Waals surface area contributed by atoms with Gasteiger partial charge in [0.25, 0.3) is 0 Å². The average molecular weight is 503 g/mol. The van der Waals surface area contributed by atoms with E-state index in [-0.39, 0.29) is 18.6 Å². The Hall–Kier alpha value is -3.59. The van der Waals surface area contributed by atoms with Crippen LogP contribution >= 0.6 is 0 Å². The van der Waals surface area contributed by atoms with E-state index in [4.69, 9.17) is 9.47 Å². The lowest BCUT2D eigenvalue weighted by Gasteiger charge is -2.22. The average Bonchev–Trinajstić information content (AvgIpc) is 3.36. The van der Waals surface area contributed by atoms with E-state index >= 15 is 0 Å². The number of methoxy groups -OCH3 is 1. The van der Waals surface area contributed by atoms with Crippen molar-refractivity contribution in [1.29, 1.82) is 0 Å². The molecule has 1 aromatic heterocycles. The van der Waals surface area contributed by atoms with Crippen LogP contribution in [-0.4, -0.2) is 50.8 Å². The predicted molar refractivity (Wildman–Crippen MR) is 131 cm³/mol. The second-order valence-corrected chi connectivity index (χ2v) is 7.96. The third kappa shape index (κ3) is 7.45. The Bertz CT molecular complexity index is 1090. The number of pyridine rings is 1. The van der Waals surface area contributed by atoms with E-state index in [1.807, 2.05) is 55.5 Å². The molecule has 0 bridgehead atoms. The van der Waals surface area contributed by atoms with Crippen molar-refractivity contribution in [3.05, 3.63) is 72.4 Å². The van der Waals surface area contributed by atoms with Gasteiger partial charge in [-0.3, -0.25) is 4.79 Å². The number of carbonyl (C=O) groups is 1. The van der Waals surface area contributed by atoms with Gasteiger partial charge in [-0.2, -0.15) is 13.2 Å². The van der Waals surface area contributed by atoms with Crippen LogP contribution in [-0.2, 0) is 15.7 Å². The molecule has 4 rings (SSSR count). The maximum atomic E-state index is 12.7. The van der Waals surface area contributed by atoms with Crippen molar-refractivity contribution in [2.24, 2.45) is 0 Å². The molecule has 1 saturated heterocycles. The van der Waals surface area contributed by atoms with Gasteiger partial charge >= 0.3 is 6.18 Å². The van der Waals surface area contributed by atoms with E-state index in [0.717, 1.165) is 35.7 Å². The van der Waals surface area contributed by atoms with Gasteiger partial charge in [0.2, 0.25) is 5.88 Å². The van der Waals surface area contributed by atoms with Gasteiger partial charge in [-0.15, -0.1) is 0 Å². The Kier molecular flexibility index (Phi) is 9.69. The molecular formula is C27H29F3N2O4. The van der Waals surface area contributed by atoms with Crippen molar-refractivity contribution >= 4 is 12.0 Å². The number of nitrogens with zero attached hydrogens (tertiary/aromatic N) is 2. The van der Waals surface area contributed by atoms with Crippen LogP contribution in [0.15, 0.2) is 66.9 Å². The number of carbonyl (C=O) groups excluding carboxylic acids is 1. The highest BCUT2D eigenvalue weighted by atomic mass is 19.4. The van der Waals surface area contributed by atoms with E-state index in [1.165, 1.54) is 6.07 Å².